The predicted octanol–water partition coefficient (Wildman–Crippen LogP) is 12.6. The molecule has 13 rings (SSSR count). The summed E-state index contributed by atoms with van der Waals surface area (Å²) < 4.78 is 11.0. The standard InChI is InChI=1S/C60H40BN3O/c1-60(2)39-65-59(62-60)47-26-24-40(25-27-47)34-36-61(37-35-41-28-29-44-31-30-42-18-13-19-43-32-33-48(41)56(44)55(42)43)63-53(49-20-9-11-22-51(49)57(63)45-14-5-3-6-15-45)38-54-50-21-10-12-23-52(50)58(64(54)61)46-16-7-4-8-17-46/h3-33,38H,39H2,1-2H3. The van der Waals surface area contributed by atoms with Crippen LogP contribution in [0.2, 0.25) is 0 Å². The van der Waals surface area contributed by atoms with Gasteiger partial charge in [-0.15, -0.1) is 11.8 Å². The van der Waals surface area contributed by atoms with Gasteiger partial charge in [-0.1, -0.05) is 133 Å². The van der Waals surface area contributed by atoms with Gasteiger partial charge in [0.15, 0.2) is 11.4 Å². The smallest absolute Gasteiger partial charge is 0.475 e. The van der Waals surface area contributed by atoms with E-state index in [0.29, 0.717) is 12.5 Å². The van der Waals surface area contributed by atoms with Crippen molar-refractivity contribution in [3.05, 3.63) is 227 Å². The molecule has 65 heavy (non-hydrogen) atoms. The van der Waals surface area contributed by atoms with E-state index in [2.05, 4.69) is 240 Å². The number of aliphatic imine (C=N–C) groups is 1. The van der Waals surface area contributed by atoms with Gasteiger partial charge in [0.05, 0.1) is 16.7 Å². The van der Waals surface area contributed by atoms with Crippen LogP contribution in [0.1, 0.15) is 52.9 Å². The number of aromatic nitrogens is 1. The minimum absolute atomic E-state index is 0.253. The molecule has 0 saturated carbocycles. The summed E-state index contributed by atoms with van der Waals surface area (Å²) in [6.07, 6.45) is 0.00717. The molecule has 304 valence electrons. The number of hydrogen-bond donors (Lipinski definition) is 0. The Morgan fingerprint density at radius 3 is 1.92 bits per heavy atom. The first-order valence-corrected chi connectivity index (χ1v) is 22.4. The number of fused-ring (bicyclic) bond motifs is 6. The molecule has 0 N–H and O–H groups in total. The second-order valence-corrected chi connectivity index (χ2v) is 18.1. The van der Waals surface area contributed by atoms with Gasteiger partial charge in [-0.3, -0.25) is 0 Å². The third-order valence-corrected chi connectivity index (χ3v) is 13.5. The third kappa shape index (κ3) is 5.69. The summed E-state index contributed by atoms with van der Waals surface area (Å²) >= 11 is 0. The molecule has 0 radical (unpaired) electrons. The van der Waals surface area contributed by atoms with Crippen LogP contribution in [0.25, 0.3) is 66.1 Å². The maximum atomic E-state index is 6.04. The van der Waals surface area contributed by atoms with Gasteiger partial charge in [0.2, 0.25) is 5.90 Å². The summed E-state index contributed by atoms with van der Waals surface area (Å²) in [5.74, 6) is 16.5. The normalized spacial score (nSPS) is 16.9. The lowest BCUT2D eigenvalue weighted by atomic mass is 9.45. The minimum atomic E-state index is -2.37. The zero-order valence-electron chi connectivity index (χ0n) is 36.0. The minimum Gasteiger partial charge on any atom is -0.475 e. The molecule has 0 amide bonds. The summed E-state index contributed by atoms with van der Waals surface area (Å²) in [5, 5.41) is 9.64. The first-order chi connectivity index (χ1) is 31.9. The zero-order valence-corrected chi connectivity index (χ0v) is 36.0. The van der Waals surface area contributed by atoms with E-state index in [1.165, 1.54) is 26.9 Å². The van der Waals surface area contributed by atoms with Crippen molar-refractivity contribution in [3.8, 4) is 34.7 Å². The lowest BCUT2D eigenvalue weighted by Crippen LogP contribution is -2.56. The number of hydrogen-bond acceptors (Lipinski definition) is 2. The maximum absolute atomic E-state index is 6.04. The molecule has 3 aliphatic heterocycles. The first-order valence-electron chi connectivity index (χ1n) is 22.4. The highest BCUT2D eigenvalue weighted by atomic mass is 16.5. The molecule has 0 saturated heterocycles. The Labute approximate surface area is 377 Å². The number of benzene rings is 9. The van der Waals surface area contributed by atoms with E-state index >= 15 is 0 Å². The van der Waals surface area contributed by atoms with E-state index in [-0.39, 0.29) is 5.54 Å². The molecule has 9 aromatic carbocycles. The summed E-state index contributed by atoms with van der Waals surface area (Å²) in [5.41, 5.74) is 11.4. The lowest BCUT2D eigenvalue weighted by Gasteiger charge is -2.36. The molecule has 3 aliphatic rings. The van der Waals surface area contributed by atoms with Crippen molar-refractivity contribution in [2.45, 2.75) is 19.4 Å². The lowest BCUT2D eigenvalue weighted by molar-refractivity contribution is -0.279. The van der Waals surface area contributed by atoms with Crippen molar-refractivity contribution < 1.29 is 9.22 Å². The molecule has 0 aliphatic carbocycles. The second-order valence-electron chi connectivity index (χ2n) is 18.1. The van der Waals surface area contributed by atoms with Crippen LogP contribution in [-0.4, -0.2) is 39.1 Å². The average molecular weight is 830 g/mol. The van der Waals surface area contributed by atoms with Gasteiger partial charge in [-0.2, -0.15) is 11.6 Å². The second kappa shape index (κ2) is 14.1. The van der Waals surface area contributed by atoms with Gasteiger partial charge in [0.1, 0.15) is 6.61 Å². The fourth-order valence-electron chi connectivity index (χ4n) is 10.6. The predicted molar refractivity (Wildman–Crippen MR) is 270 cm³/mol. The molecule has 5 heteroatoms. The molecule has 1 aromatic heterocycles. The van der Waals surface area contributed by atoms with Crippen LogP contribution in [0.3, 0.4) is 0 Å². The fourth-order valence-corrected chi connectivity index (χ4v) is 10.6. The Bertz CT molecular complexity index is 3840. The van der Waals surface area contributed by atoms with E-state index in [4.69, 9.17) is 9.73 Å². The van der Waals surface area contributed by atoms with Gasteiger partial charge >= 0.3 is 6.42 Å². The molecular weight excluding hydrogens is 789 g/mol. The molecular formula is C60H40BN3O. The Morgan fingerprint density at radius 2 is 1.18 bits per heavy atom. The van der Waals surface area contributed by atoms with Crippen LogP contribution in [-0.2, 0) is 4.74 Å². The molecule has 4 nitrogen and oxygen atoms in total. The van der Waals surface area contributed by atoms with Crippen molar-refractivity contribution in [2.24, 2.45) is 4.99 Å². The molecule has 1 atom stereocenters. The van der Waals surface area contributed by atoms with Crippen LogP contribution in [0.15, 0.2) is 193 Å². The molecule has 0 spiro atoms. The molecule has 4 heterocycles. The molecule has 0 bridgehead atoms. The van der Waals surface area contributed by atoms with Crippen molar-refractivity contribution in [1.82, 2.24) is 4.48 Å². The summed E-state index contributed by atoms with van der Waals surface area (Å²) in [6, 6.07) is 67.4. The largest absolute Gasteiger partial charge is 0.521 e. The highest BCUT2D eigenvalue weighted by Gasteiger charge is 2.51. The summed E-state index contributed by atoms with van der Waals surface area (Å²) in [4.78, 5) is 4.85. The fraction of sp³-hybridized carbons (Fsp3) is 0.0667. The van der Waals surface area contributed by atoms with E-state index in [0.717, 1.165) is 77.9 Å². The topological polar surface area (TPSA) is 29.5 Å². The van der Waals surface area contributed by atoms with Gasteiger partial charge < -0.3 is 13.7 Å². The summed E-state index contributed by atoms with van der Waals surface area (Å²) in [7, 11) is 0. The van der Waals surface area contributed by atoms with Crippen molar-refractivity contribution in [1.29, 1.82) is 0 Å². The van der Waals surface area contributed by atoms with E-state index < -0.39 is 6.42 Å². The number of nitrogens with zero attached hydrogens (tertiary/aromatic N) is 3. The van der Waals surface area contributed by atoms with Crippen LogP contribution < -0.4 is 0 Å². The van der Waals surface area contributed by atoms with E-state index in [1.807, 2.05) is 0 Å². The van der Waals surface area contributed by atoms with Crippen LogP contribution in [0.5, 0.6) is 0 Å². The van der Waals surface area contributed by atoms with Gasteiger partial charge in [0, 0.05) is 50.5 Å². The van der Waals surface area contributed by atoms with E-state index in [1.54, 1.807) is 0 Å². The van der Waals surface area contributed by atoms with Crippen LogP contribution >= 0.6 is 0 Å². The third-order valence-electron chi connectivity index (χ3n) is 13.5. The van der Waals surface area contributed by atoms with Gasteiger partial charge in [0.25, 0.3) is 0 Å². The van der Waals surface area contributed by atoms with Gasteiger partial charge in [-0.25, -0.2) is 4.99 Å². The summed E-state index contributed by atoms with van der Waals surface area (Å²) in [6.45, 7) is 4.75. The van der Waals surface area contributed by atoms with Crippen molar-refractivity contribution in [3.63, 3.8) is 0 Å². The Kier molecular flexibility index (Phi) is 8.05. The van der Waals surface area contributed by atoms with Gasteiger partial charge in [-0.05, 0) is 106 Å². The highest BCUT2D eigenvalue weighted by Crippen LogP contribution is 2.46. The Morgan fingerprint density at radius 1 is 0.554 bits per heavy atom. The first kappa shape index (κ1) is 37.2. The monoisotopic (exact) mass is 829 g/mol. The number of ether oxygens (including phenoxy) is 1. The van der Waals surface area contributed by atoms with Crippen molar-refractivity contribution in [2.75, 3.05) is 6.61 Å². The zero-order chi connectivity index (χ0) is 43.3. The highest BCUT2D eigenvalue weighted by molar-refractivity contribution is 6.88. The maximum Gasteiger partial charge on any atom is 0.521 e. The Hall–Kier alpha value is -8.38. The van der Waals surface area contributed by atoms with Crippen molar-refractivity contribution >= 4 is 72.9 Å². The molecule has 1 unspecified atom stereocenters. The van der Waals surface area contributed by atoms with E-state index in [9.17, 15) is 0 Å². The quantitative estimate of drug-likeness (QED) is 0.0991. The number of rotatable bonds is 3. The molecule has 10 aromatic rings. The average Bonchev–Trinajstić information content (AvgIpc) is 4.02. The van der Waals surface area contributed by atoms with Crippen LogP contribution in [0, 0.1) is 23.5 Å². The Balaban J connectivity index is 1.17. The SMILES string of the molecule is CC1(C)COC(c2ccc(C#C[B-]3(C#Cc4ccc5ccc6cccc7ccc4c5c67)n4c(c5ccccc5c4-c4ccccc4)C=C4c5ccccc5C(c5ccccc5)=[N+]43)cc2)=N1. The molecule has 0 fully saturated rings. The van der Waals surface area contributed by atoms with Crippen LogP contribution in [0.4, 0.5) is 0 Å².